The Bertz CT molecular complexity index is 581. The van der Waals surface area contributed by atoms with Gasteiger partial charge in [-0.05, 0) is 30.2 Å². The SMILES string of the molecule is Cc1cccnc1CC(O)(c1cccnc1)[Si](C)(C)C. The van der Waals surface area contributed by atoms with Gasteiger partial charge in [-0.15, -0.1) is 0 Å². The normalized spacial score (nSPS) is 14.8. The number of hydrogen-bond donors (Lipinski definition) is 1. The highest BCUT2D eigenvalue weighted by Gasteiger charge is 2.43. The van der Waals surface area contributed by atoms with Crippen molar-refractivity contribution in [2.24, 2.45) is 0 Å². The van der Waals surface area contributed by atoms with Crippen molar-refractivity contribution >= 4 is 8.07 Å². The van der Waals surface area contributed by atoms with E-state index in [9.17, 15) is 5.11 Å². The highest BCUT2D eigenvalue weighted by Crippen LogP contribution is 2.35. The van der Waals surface area contributed by atoms with Crippen LogP contribution >= 0.6 is 0 Å². The molecule has 2 rings (SSSR count). The lowest BCUT2D eigenvalue weighted by atomic mass is 10.0. The Hall–Kier alpha value is -1.52. The number of nitrogens with zero attached hydrogens (tertiary/aromatic N) is 2. The van der Waals surface area contributed by atoms with Crippen LogP contribution in [0.15, 0.2) is 42.9 Å². The molecule has 2 heterocycles. The highest BCUT2D eigenvalue weighted by atomic mass is 28.3. The fourth-order valence-corrected chi connectivity index (χ4v) is 4.07. The van der Waals surface area contributed by atoms with E-state index in [1.54, 1.807) is 18.6 Å². The van der Waals surface area contributed by atoms with Gasteiger partial charge >= 0.3 is 0 Å². The van der Waals surface area contributed by atoms with Crippen LogP contribution in [0.25, 0.3) is 0 Å². The number of hydrogen-bond acceptors (Lipinski definition) is 3. The number of aliphatic hydroxyl groups is 1. The van der Waals surface area contributed by atoms with Crippen LogP contribution in [0.3, 0.4) is 0 Å². The molecule has 2 aromatic rings. The number of aryl methyl sites for hydroxylation is 1. The van der Waals surface area contributed by atoms with Crippen molar-refractivity contribution < 1.29 is 5.11 Å². The van der Waals surface area contributed by atoms with E-state index in [-0.39, 0.29) is 0 Å². The van der Waals surface area contributed by atoms with Crippen molar-refractivity contribution in [2.75, 3.05) is 0 Å². The summed E-state index contributed by atoms with van der Waals surface area (Å²) in [6.07, 6.45) is 5.84. The summed E-state index contributed by atoms with van der Waals surface area (Å²) >= 11 is 0. The molecule has 0 aliphatic rings. The lowest BCUT2D eigenvalue weighted by Crippen LogP contribution is -2.51. The van der Waals surface area contributed by atoms with E-state index in [1.807, 2.05) is 31.2 Å². The maximum absolute atomic E-state index is 11.4. The minimum absolute atomic E-state index is 0.543. The second kappa shape index (κ2) is 5.46. The zero-order chi connectivity index (χ0) is 14.8. The molecule has 0 saturated heterocycles. The summed E-state index contributed by atoms with van der Waals surface area (Å²) in [7, 11) is -1.88. The fraction of sp³-hybridized carbons (Fsp3) is 0.375. The number of pyridine rings is 2. The van der Waals surface area contributed by atoms with Gasteiger partial charge in [0, 0.05) is 30.7 Å². The third-order valence-electron chi connectivity index (χ3n) is 3.92. The summed E-state index contributed by atoms with van der Waals surface area (Å²) in [5.41, 5.74) is 2.97. The Labute approximate surface area is 121 Å². The molecule has 0 fully saturated rings. The van der Waals surface area contributed by atoms with Gasteiger partial charge in [0.15, 0.2) is 0 Å². The maximum Gasteiger partial charge on any atom is 0.0884 e. The van der Waals surface area contributed by atoms with Gasteiger partial charge in [-0.3, -0.25) is 9.97 Å². The van der Waals surface area contributed by atoms with Crippen molar-refractivity contribution in [3.8, 4) is 0 Å². The first-order chi connectivity index (χ1) is 9.34. The molecule has 0 spiro atoms. The summed E-state index contributed by atoms with van der Waals surface area (Å²) in [5, 5.41) is 10.5. The molecule has 2 aromatic heterocycles. The molecule has 20 heavy (non-hydrogen) atoms. The molecule has 0 aliphatic heterocycles. The minimum atomic E-state index is -1.88. The summed E-state index contributed by atoms with van der Waals surface area (Å²) in [5.74, 6) is 0. The smallest absolute Gasteiger partial charge is 0.0884 e. The number of aromatic nitrogens is 2. The third kappa shape index (κ3) is 2.81. The second-order valence-electron chi connectivity index (χ2n) is 6.30. The van der Waals surface area contributed by atoms with Crippen molar-refractivity contribution in [3.05, 3.63) is 59.7 Å². The molecule has 0 radical (unpaired) electrons. The van der Waals surface area contributed by atoms with Crippen LogP contribution in [-0.4, -0.2) is 23.1 Å². The molecule has 1 unspecified atom stereocenters. The average Bonchev–Trinajstić information content (AvgIpc) is 2.41. The predicted octanol–water partition coefficient (Wildman–Crippen LogP) is 3.09. The Morgan fingerprint density at radius 1 is 1.15 bits per heavy atom. The van der Waals surface area contributed by atoms with E-state index >= 15 is 0 Å². The van der Waals surface area contributed by atoms with E-state index in [2.05, 4.69) is 29.6 Å². The van der Waals surface area contributed by atoms with E-state index in [0.29, 0.717) is 6.42 Å². The Morgan fingerprint density at radius 2 is 1.85 bits per heavy atom. The zero-order valence-corrected chi connectivity index (χ0v) is 13.6. The van der Waals surface area contributed by atoms with Gasteiger partial charge in [0.05, 0.1) is 13.3 Å². The average molecular weight is 286 g/mol. The van der Waals surface area contributed by atoms with Gasteiger partial charge in [0.2, 0.25) is 0 Å². The molecular formula is C16H22N2OSi. The van der Waals surface area contributed by atoms with Crippen molar-refractivity contribution in [3.63, 3.8) is 0 Å². The Balaban J connectivity index is 2.47. The monoisotopic (exact) mass is 286 g/mol. The molecule has 0 saturated carbocycles. The second-order valence-corrected chi connectivity index (χ2v) is 11.6. The molecule has 1 atom stereocenters. The lowest BCUT2D eigenvalue weighted by Gasteiger charge is -2.39. The first-order valence-electron chi connectivity index (χ1n) is 6.88. The fourth-order valence-electron chi connectivity index (χ4n) is 2.35. The third-order valence-corrected chi connectivity index (χ3v) is 6.87. The highest BCUT2D eigenvalue weighted by molar-refractivity contribution is 6.78. The predicted molar refractivity (Wildman–Crippen MR) is 84.2 cm³/mol. The van der Waals surface area contributed by atoms with Crippen LogP contribution in [-0.2, 0) is 11.6 Å². The largest absolute Gasteiger partial charge is 0.388 e. The molecule has 0 amide bonds. The van der Waals surface area contributed by atoms with E-state index in [4.69, 9.17) is 0 Å². The summed E-state index contributed by atoms with van der Waals surface area (Å²) in [4.78, 5) is 8.61. The van der Waals surface area contributed by atoms with Crippen molar-refractivity contribution in [2.45, 2.75) is 38.2 Å². The summed E-state index contributed by atoms with van der Waals surface area (Å²) in [6.45, 7) is 8.57. The minimum Gasteiger partial charge on any atom is -0.388 e. The first kappa shape index (κ1) is 14.9. The maximum atomic E-state index is 11.4. The van der Waals surface area contributed by atoms with Crippen LogP contribution < -0.4 is 0 Å². The van der Waals surface area contributed by atoms with Gasteiger partial charge in [-0.25, -0.2) is 0 Å². The molecule has 1 N–H and O–H groups in total. The van der Waals surface area contributed by atoms with E-state index in [0.717, 1.165) is 16.8 Å². The lowest BCUT2D eigenvalue weighted by molar-refractivity contribution is 0.113. The van der Waals surface area contributed by atoms with Gasteiger partial charge in [0.25, 0.3) is 0 Å². The molecule has 3 nitrogen and oxygen atoms in total. The van der Waals surface area contributed by atoms with Crippen LogP contribution in [0.5, 0.6) is 0 Å². The molecule has 4 heteroatoms. The van der Waals surface area contributed by atoms with Gasteiger partial charge in [0.1, 0.15) is 0 Å². The first-order valence-corrected chi connectivity index (χ1v) is 10.4. The number of rotatable bonds is 4. The molecular weight excluding hydrogens is 264 g/mol. The molecule has 0 bridgehead atoms. The molecule has 0 aliphatic carbocycles. The van der Waals surface area contributed by atoms with Crippen molar-refractivity contribution in [1.82, 2.24) is 9.97 Å². The van der Waals surface area contributed by atoms with Crippen LogP contribution in [0.2, 0.25) is 19.6 Å². The standard InChI is InChI=1S/C16H22N2OSi/c1-13-7-5-10-18-15(13)11-16(19,20(2,3)4)14-8-6-9-17-12-14/h5-10,12,19H,11H2,1-4H3. The van der Waals surface area contributed by atoms with Gasteiger partial charge in [-0.2, -0.15) is 0 Å². The van der Waals surface area contributed by atoms with Crippen LogP contribution in [0, 0.1) is 6.92 Å². The van der Waals surface area contributed by atoms with E-state index in [1.165, 1.54) is 0 Å². The Morgan fingerprint density at radius 3 is 2.40 bits per heavy atom. The van der Waals surface area contributed by atoms with Crippen LogP contribution in [0.4, 0.5) is 0 Å². The summed E-state index contributed by atoms with van der Waals surface area (Å²) in [6, 6.07) is 7.81. The topological polar surface area (TPSA) is 46.0 Å². The Kier molecular flexibility index (Phi) is 4.06. The molecule has 0 aromatic carbocycles. The zero-order valence-electron chi connectivity index (χ0n) is 12.6. The molecule has 106 valence electrons. The van der Waals surface area contributed by atoms with Gasteiger partial charge < -0.3 is 5.11 Å². The van der Waals surface area contributed by atoms with Crippen LogP contribution in [0.1, 0.15) is 16.8 Å². The quantitative estimate of drug-likeness (QED) is 0.879. The van der Waals surface area contributed by atoms with Crippen molar-refractivity contribution in [1.29, 1.82) is 0 Å². The van der Waals surface area contributed by atoms with E-state index < -0.39 is 13.3 Å². The van der Waals surface area contributed by atoms with Gasteiger partial charge in [-0.1, -0.05) is 31.8 Å². The summed E-state index contributed by atoms with van der Waals surface area (Å²) < 4.78 is 0.